The third-order valence-electron chi connectivity index (χ3n) is 5.84. The highest BCUT2D eigenvalue weighted by Crippen LogP contribution is 2.46. The van der Waals surface area contributed by atoms with E-state index < -0.39 is 0 Å². The Balaban J connectivity index is 2.32. The quantitative estimate of drug-likeness (QED) is 0.500. The summed E-state index contributed by atoms with van der Waals surface area (Å²) in [4.78, 5) is 0. The molecule has 2 heteroatoms. The summed E-state index contributed by atoms with van der Waals surface area (Å²) in [6.07, 6.45) is 0.939. The topological polar surface area (TPSA) is 0 Å². The van der Waals surface area contributed by atoms with Crippen LogP contribution in [-0.4, -0.2) is 0 Å². The molecule has 0 saturated carbocycles. The number of halogens is 2. The van der Waals surface area contributed by atoms with Gasteiger partial charge >= 0.3 is 0 Å². The summed E-state index contributed by atoms with van der Waals surface area (Å²) < 4.78 is 0. The minimum absolute atomic E-state index is 0.615. The molecule has 3 rings (SSSR count). The average Bonchev–Trinajstić information content (AvgIpc) is 2.83. The fourth-order valence-electron chi connectivity index (χ4n) is 3.67. The van der Waals surface area contributed by atoms with Gasteiger partial charge in [-0.05, 0) is 98.6 Å². The maximum Gasteiger partial charge on any atom is 0.0673 e. The second kappa shape index (κ2) is 6.67. The summed E-state index contributed by atoms with van der Waals surface area (Å²) in [5.41, 5.74) is 12.8. The van der Waals surface area contributed by atoms with E-state index >= 15 is 0 Å². The van der Waals surface area contributed by atoms with Crippen LogP contribution < -0.4 is 0 Å². The van der Waals surface area contributed by atoms with Crippen LogP contribution in [0.2, 0.25) is 10.0 Å². The van der Waals surface area contributed by atoms with Crippen LogP contribution in [0.15, 0.2) is 41.0 Å². The van der Waals surface area contributed by atoms with Gasteiger partial charge in [-0.25, -0.2) is 0 Å². The van der Waals surface area contributed by atoms with E-state index in [4.69, 9.17) is 23.2 Å². The third kappa shape index (κ3) is 2.96. The summed E-state index contributed by atoms with van der Waals surface area (Å²) in [6.45, 7) is 13.1. The van der Waals surface area contributed by atoms with Crippen LogP contribution in [0, 0.1) is 20.8 Å². The first-order valence-electron chi connectivity index (χ1n) is 8.66. The lowest BCUT2D eigenvalue weighted by Crippen LogP contribution is -1.97. The van der Waals surface area contributed by atoms with Crippen molar-refractivity contribution in [1.29, 1.82) is 0 Å². The molecule has 0 saturated heterocycles. The SMILES string of the molecule is CC1=C(C)C(C)=C(c2c(-c3ccc(C)c(C)c3C)ccc(Cl)c2Cl)C1. The highest BCUT2D eigenvalue weighted by molar-refractivity contribution is 6.43. The first-order valence-corrected chi connectivity index (χ1v) is 9.41. The minimum atomic E-state index is 0.615. The van der Waals surface area contributed by atoms with Crippen LogP contribution in [0.5, 0.6) is 0 Å². The number of rotatable bonds is 2. The van der Waals surface area contributed by atoms with Gasteiger partial charge < -0.3 is 0 Å². The van der Waals surface area contributed by atoms with E-state index in [2.05, 4.69) is 59.7 Å². The summed E-state index contributed by atoms with van der Waals surface area (Å²) >= 11 is 13.1. The fraction of sp³-hybridized carbons (Fsp3) is 0.304. The zero-order valence-corrected chi connectivity index (χ0v) is 17.3. The van der Waals surface area contributed by atoms with Crippen molar-refractivity contribution in [2.45, 2.75) is 48.0 Å². The summed E-state index contributed by atoms with van der Waals surface area (Å²) in [6, 6.07) is 8.42. The van der Waals surface area contributed by atoms with Crippen molar-refractivity contribution in [2.75, 3.05) is 0 Å². The molecular formula is C23H24Cl2. The lowest BCUT2D eigenvalue weighted by molar-refractivity contribution is 1.22. The Kier molecular flexibility index (Phi) is 4.88. The van der Waals surface area contributed by atoms with Crippen molar-refractivity contribution < 1.29 is 0 Å². The lowest BCUT2D eigenvalue weighted by Gasteiger charge is -2.19. The number of allylic oxidation sites excluding steroid dienone is 4. The molecule has 0 nitrogen and oxygen atoms in total. The molecule has 0 N–H and O–H groups in total. The Morgan fingerprint density at radius 1 is 0.720 bits per heavy atom. The van der Waals surface area contributed by atoms with E-state index in [1.54, 1.807) is 0 Å². The molecule has 0 amide bonds. The molecule has 1 aliphatic rings. The zero-order chi connectivity index (χ0) is 18.5. The van der Waals surface area contributed by atoms with Crippen LogP contribution in [0.1, 0.15) is 49.4 Å². The monoisotopic (exact) mass is 370 g/mol. The van der Waals surface area contributed by atoms with Gasteiger partial charge in [0.25, 0.3) is 0 Å². The Hall–Kier alpha value is -1.50. The van der Waals surface area contributed by atoms with Gasteiger partial charge in [0.1, 0.15) is 0 Å². The smallest absolute Gasteiger partial charge is 0.0673 e. The van der Waals surface area contributed by atoms with Crippen LogP contribution in [0.25, 0.3) is 16.7 Å². The van der Waals surface area contributed by atoms with Crippen molar-refractivity contribution >= 4 is 28.8 Å². The third-order valence-corrected chi connectivity index (χ3v) is 6.65. The first kappa shape index (κ1) is 18.3. The van der Waals surface area contributed by atoms with Gasteiger partial charge in [-0.3, -0.25) is 0 Å². The predicted octanol–water partition coefficient (Wildman–Crippen LogP) is 8.10. The number of hydrogen-bond acceptors (Lipinski definition) is 0. The highest BCUT2D eigenvalue weighted by Gasteiger charge is 2.24. The van der Waals surface area contributed by atoms with E-state index in [0.29, 0.717) is 10.0 Å². The van der Waals surface area contributed by atoms with E-state index in [1.807, 2.05) is 6.07 Å². The molecule has 0 fully saturated rings. The molecule has 0 bridgehead atoms. The molecular weight excluding hydrogens is 347 g/mol. The van der Waals surface area contributed by atoms with E-state index in [0.717, 1.165) is 12.0 Å². The van der Waals surface area contributed by atoms with Crippen molar-refractivity contribution in [3.8, 4) is 11.1 Å². The molecule has 130 valence electrons. The first-order chi connectivity index (χ1) is 11.7. The predicted molar refractivity (Wildman–Crippen MR) is 112 cm³/mol. The summed E-state index contributed by atoms with van der Waals surface area (Å²) in [5, 5.41) is 1.28. The molecule has 0 aromatic heterocycles. The minimum Gasteiger partial charge on any atom is -0.0827 e. The van der Waals surface area contributed by atoms with E-state index in [-0.39, 0.29) is 0 Å². The van der Waals surface area contributed by atoms with Crippen molar-refractivity contribution in [2.24, 2.45) is 0 Å². The Morgan fingerprint density at radius 2 is 1.36 bits per heavy atom. The maximum absolute atomic E-state index is 6.73. The lowest BCUT2D eigenvalue weighted by atomic mass is 9.87. The average molecular weight is 371 g/mol. The molecule has 0 aliphatic heterocycles. The second-order valence-electron chi connectivity index (χ2n) is 7.15. The van der Waals surface area contributed by atoms with Crippen LogP contribution in [-0.2, 0) is 0 Å². The largest absolute Gasteiger partial charge is 0.0827 e. The van der Waals surface area contributed by atoms with Crippen molar-refractivity contribution in [3.05, 3.63) is 73.3 Å². The number of benzene rings is 2. The van der Waals surface area contributed by atoms with Crippen LogP contribution >= 0.6 is 23.2 Å². The highest BCUT2D eigenvalue weighted by atomic mass is 35.5. The van der Waals surface area contributed by atoms with E-state index in [9.17, 15) is 0 Å². The summed E-state index contributed by atoms with van der Waals surface area (Å²) in [5.74, 6) is 0. The Bertz CT molecular complexity index is 943. The van der Waals surface area contributed by atoms with Gasteiger partial charge in [0, 0.05) is 5.56 Å². The van der Waals surface area contributed by atoms with Gasteiger partial charge in [0.15, 0.2) is 0 Å². The van der Waals surface area contributed by atoms with Crippen LogP contribution in [0.4, 0.5) is 0 Å². The molecule has 1 aliphatic carbocycles. The molecule has 2 aromatic rings. The van der Waals surface area contributed by atoms with Crippen LogP contribution in [0.3, 0.4) is 0 Å². The fourth-order valence-corrected chi connectivity index (χ4v) is 4.11. The van der Waals surface area contributed by atoms with Gasteiger partial charge in [-0.2, -0.15) is 0 Å². The molecule has 0 unspecified atom stereocenters. The number of aryl methyl sites for hydroxylation is 1. The van der Waals surface area contributed by atoms with Crippen molar-refractivity contribution in [1.82, 2.24) is 0 Å². The Morgan fingerprint density at radius 3 is 1.96 bits per heavy atom. The molecule has 25 heavy (non-hydrogen) atoms. The molecule has 0 heterocycles. The maximum atomic E-state index is 6.73. The molecule has 2 aromatic carbocycles. The normalized spacial score (nSPS) is 14.7. The van der Waals surface area contributed by atoms with Gasteiger partial charge in [-0.15, -0.1) is 0 Å². The zero-order valence-electron chi connectivity index (χ0n) is 15.8. The van der Waals surface area contributed by atoms with E-state index in [1.165, 1.54) is 50.1 Å². The summed E-state index contributed by atoms with van der Waals surface area (Å²) in [7, 11) is 0. The number of hydrogen-bond donors (Lipinski definition) is 0. The molecule has 0 atom stereocenters. The van der Waals surface area contributed by atoms with Crippen molar-refractivity contribution in [3.63, 3.8) is 0 Å². The molecule has 0 radical (unpaired) electrons. The van der Waals surface area contributed by atoms with Gasteiger partial charge in [-0.1, -0.05) is 47.0 Å². The standard InChI is InChI=1S/C23H24Cl2/c1-12-7-8-18(16(5)14(12)3)19-9-10-21(24)23(25)22(19)20-11-13(2)15(4)17(20)6/h7-10H,11H2,1-6H3. The second-order valence-corrected chi connectivity index (χ2v) is 7.93. The van der Waals surface area contributed by atoms with Gasteiger partial charge in [0.2, 0.25) is 0 Å². The van der Waals surface area contributed by atoms with Gasteiger partial charge in [0.05, 0.1) is 10.0 Å². The Labute approximate surface area is 161 Å². The molecule has 0 spiro atoms.